The van der Waals surface area contributed by atoms with Crippen LogP contribution in [0.2, 0.25) is 5.02 Å². The number of benzene rings is 2. The van der Waals surface area contributed by atoms with Gasteiger partial charge in [-0.05, 0) is 29.8 Å². The maximum atomic E-state index is 14.0. The second kappa shape index (κ2) is 5.61. The van der Waals surface area contributed by atoms with E-state index in [4.69, 9.17) is 21.7 Å². The largest absolute Gasteiger partial charge is 0.441 e. The summed E-state index contributed by atoms with van der Waals surface area (Å²) in [5.74, 6) is -1.44. The summed E-state index contributed by atoms with van der Waals surface area (Å²) in [4.78, 5) is 0. The van der Waals surface area contributed by atoms with E-state index in [0.29, 0.717) is 11.3 Å². The third-order valence-electron chi connectivity index (χ3n) is 4.65. The molecule has 4 rings (SSSR count). The van der Waals surface area contributed by atoms with Crippen molar-refractivity contribution in [1.82, 2.24) is 4.57 Å². The lowest BCUT2D eigenvalue weighted by Gasteiger charge is -2.30. The van der Waals surface area contributed by atoms with Crippen molar-refractivity contribution < 1.29 is 9.13 Å². The smallest absolute Gasteiger partial charge is 0.205 e. The van der Waals surface area contributed by atoms with Gasteiger partial charge in [-0.2, -0.15) is 5.26 Å². The summed E-state index contributed by atoms with van der Waals surface area (Å²) in [6.07, 6.45) is 1.91. The molecule has 2 aromatic carbocycles. The van der Waals surface area contributed by atoms with Crippen LogP contribution in [0.25, 0.3) is 10.9 Å². The summed E-state index contributed by atoms with van der Waals surface area (Å²) >= 11 is 5.79. The van der Waals surface area contributed by atoms with Gasteiger partial charge in [-0.1, -0.05) is 23.7 Å². The van der Waals surface area contributed by atoms with Crippen molar-refractivity contribution in [3.05, 3.63) is 64.6 Å². The Bertz CT molecular complexity index is 1070. The molecule has 6 heteroatoms. The average Bonchev–Trinajstić information content (AvgIpc) is 2.98. The van der Waals surface area contributed by atoms with E-state index in [0.717, 1.165) is 16.5 Å². The molecule has 124 valence electrons. The second-order valence-electron chi connectivity index (χ2n) is 6.07. The van der Waals surface area contributed by atoms with Crippen LogP contribution in [-0.4, -0.2) is 10.5 Å². The Hall–Kier alpha value is -2.84. The molecule has 0 bridgehead atoms. The Morgan fingerprint density at radius 3 is 2.80 bits per heavy atom. The zero-order valence-electron chi connectivity index (χ0n) is 13.3. The first-order chi connectivity index (χ1) is 12.0. The molecule has 0 aliphatic carbocycles. The lowest BCUT2D eigenvalue weighted by molar-refractivity contribution is 0.454. The Kier molecular flexibility index (Phi) is 3.52. The molecule has 1 aromatic heterocycles. The highest BCUT2D eigenvalue weighted by Crippen LogP contribution is 2.45. The Morgan fingerprint density at radius 1 is 1.28 bits per heavy atom. The van der Waals surface area contributed by atoms with Gasteiger partial charge in [0.2, 0.25) is 5.90 Å². The second-order valence-corrected chi connectivity index (χ2v) is 6.47. The van der Waals surface area contributed by atoms with Crippen molar-refractivity contribution >= 4 is 28.4 Å². The van der Waals surface area contributed by atoms with Crippen LogP contribution in [0.5, 0.6) is 5.75 Å². The molecule has 0 saturated carbocycles. The molecule has 0 fully saturated rings. The topological polar surface area (TPSA) is 61.8 Å². The van der Waals surface area contributed by atoms with Crippen molar-refractivity contribution in [2.45, 2.75) is 5.92 Å². The number of hydrogen-bond acceptors (Lipinski definition) is 3. The molecular formula is C19H13ClFN3O. The van der Waals surface area contributed by atoms with Crippen molar-refractivity contribution in [2.24, 2.45) is 13.0 Å². The fourth-order valence-corrected chi connectivity index (χ4v) is 3.53. The fraction of sp³-hybridized carbons (Fsp3) is 0.158. The molecule has 1 N–H and O–H groups in total. The molecule has 2 atom stereocenters. The van der Waals surface area contributed by atoms with Gasteiger partial charge in [0.05, 0.1) is 16.6 Å². The minimum absolute atomic E-state index is 0.0260. The van der Waals surface area contributed by atoms with E-state index in [1.807, 2.05) is 36.0 Å². The highest BCUT2D eigenvalue weighted by atomic mass is 35.5. The van der Waals surface area contributed by atoms with Gasteiger partial charge in [-0.25, -0.2) is 4.39 Å². The monoisotopic (exact) mass is 353 g/mol. The molecule has 0 radical (unpaired) electrons. The zero-order chi connectivity index (χ0) is 17.7. The minimum Gasteiger partial charge on any atom is -0.441 e. The van der Waals surface area contributed by atoms with E-state index in [1.165, 1.54) is 12.1 Å². The van der Waals surface area contributed by atoms with E-state index in [2.05, 4.69) is 6.07 Å². The molecule has 4 nitrogen and oxygen atoms in total. The number of nitrogens with one attached hydrogen (secondary N) is 1. The zero-order valence-corrected chi connectivity index (χ0v) is 14.0. The van der Waals surface area contributed by atoms with E-state index >= 15 is 0 Å². The molecular weight excluding hydrogens is 341 g/mol. The molecule has 0 amide bonds. The van der Waals surface area contributed by atoms with Crippen LogP contribution in [0.4, 0.5) is 4.39 Å². The number of halogens is 2. The Morgan fingerprint density at radius 2 is 2.08 bits per heavy atom. The summed E-state index contributed by atoms with van der Waals surface area (Å²) in [5, 5.41) is 18.6. The van der Waals surface area contributed by atoms with E-state index in [9.17, 15) is 9.65 Å². The van der Waals surface area contributed by atoms with Crippen molar-refractivity contribution in [1.29, 1.82) is 10.7 Å². The standard InChI is InChI=1S/C19H13ClFN3O/c1-24-7-6-11-16(24)5-3-12-17(10-2-4-14(20)15(21)8-10)13(9-22)19(23)25-18(11)12/h2-8,13,17,23H,1H3. The molecule has 0 saturated heterocycles. The van der Waals surface area contributed by atoms with Gasteiger partial charge < -0.3 is 9.30 Å². The summed E-state index contributed by atoms with van der Waals surface area (Å²) in [7, 11) is 1.92. The van der Waals surface area contributed by atoms with Crippen LogP contribution in [0.1, 0.15) is 17.0 Å². The lowest BCUT2D eigenvalue weighted by atomic mass is 9.78. The van der Waals surface area contributed by atoms with Gasteiger partial charge in [0.25, 0.3) is 0 Å². The predicted octanol–water partition coefficient (Wildman–Crippen LogP) is 4.61. The normalized spacial score (nSPS) is 19.4. The molecule has 2 heterocycles. The van der Waals surface area contributed by atoms with E-state index < -0.39 is 17.7 Å². The lowest BCUT2D eigenvalue weighted by Crippen LogP contribution is -2.31. The predicted molar refractivity (Wildman–Crippen MR) is 93.6 cm³/mol. The SMILES string of the molecule is Cn1ccc2c3c(ccc21)C(c1ccc(Cl)c(F)c1)C(C#N)C(=N)O3. The maximum Gasteiger partial charge on any atom is 0.205 e. The van der Waals surface area contributed by atoms with Crippen LogP contribution in [0.3, 0.4) is 0 Å². The number of aryl methyl sites for hydroxylation is 1. The van der Waals surface area contributed by atoms with Gasteiger partial charge in [-0.3, -0.25) is 5.41 Å². The average molecular weight is 354 g/mol. The summed E-state index contributed by atoms with van der Waals surface area (Å²) in [5.41, 5.74) is 2.32. The van der Waals surface area contributed by atoms with Gasteiger partial charge in [0.1, 0.15) is 17.5 Å². The van der Waals surface area contributed by atoms with Crippen molar-refractivity contribution in [3.8, 4) is 11.8 Å². The first-order valence-electron chi connectivity index (χ1n) is 7.70. The van der Waals surface area contributed by atoms with Crippen LogP contribution in [0.15, 0.2) is 42.6 Å². The van der Waals surface area contributed by atoms with Crippen LogP contribution in [0, 0.1) is 28.5 Å². The Labute approximate surface area is 148 Å². The quantitative estimate of drug-likeness (QED) is 0.694. The molecule has 1 aliphatic heterocycles. The summed E-state index contributed by atoms with van der Waals surface area (Å²) in [6, 6.07) is 12.3. The summed E-state index contributed by atoms with van der Waals surface area (Å²) < 4.78 is 21.6. The molecule has 25 heavy (non-hydrogen) atoms. The molecule has 1 aliphatic rings. The molecule has 3 aromatic rings. The van der Waals surface area contributed by atoms with Crippen molar-refractivity contribution in [2.75, 3.05) is 0 Å². The third-order valence-corrected chi connectivity index (χ3v) is 4.96. The number of fused-ring (bicyclic) bond motifs is 3. The van der Waals surface area contributed by atoms with Gasteiger partial charge in [-0.15, -0.1) is 0 Å². The third kappa shape index (κ3) is 2.30. The fourth-order valence-electron chi connectivity index (χ4n) is 3.42. The van der Waals surface area contributed by atoms with Gasteiger partial charge in [0.15, 0.2) is 0 Å². The maximum absolute atomic E-state index is 14.0. The highest BCUT2D eigenvalue weighted by molar-refractivity contribution is 6.30. The number of ether oxygens (including phenoxy) is 1. The van der Waals surface area contributed by atoms with Gasteiger partial charge >= 0.3 is 0 Å². The molecule has 0 spiro atoms. The van der Waals surface area contributed by atoms with Crippen LogP contribution < -0.4 is 4.74 Å². The highest BCUT2D eigenvalue weighted by Gasteiger charge is 2.38. The first kappa shape index (κ1) is 15.7. The first-order valence-corrected chi connectivity index (χ1v) is 8.08. The number of nitrogens with zero attached hydrogens (tertiary/aromatic N) is 2. The molecule has 2 unspecified atom stereocenters. The van der Waals surface area contributed by atoms with E-state index in [-0.39, 0.29) is 10.9 Å². The number of rotatable bonds is 1. The van der Waals surface area contributed by atoms with Crippen LogP contribution in [-0.2, 0) is 7.05 Å². The van der Waals surface area contributed by atoms with E-state index in [1.54, 1.807) is 6.07 Å². The number of nitriles is 1. The number of hydrogen-bond donors (Lipinski definition) is 1. The minimum atomic E-state index is -0.825. The number of aromatic nitrogens is 1. The van der Waals surface area contributed by atoms with Crippen molar-refractivity contribution in [3.63, 3.8) is 0 Å². The summed E-state index contributed by atoms with van der Waals surface area (Å²) in [6.45, 7) is 0. The Balaban J connectivity index is 1.99. The van der Waals surface area contributed by atoms with Crippen LogP contribution >= 0.6 is 11.6 Å². The van der Waals surface area contributed by atoms with Gasteiger partial charge in [0, 0.05) is 30.1 Å².